The van der Waals surface area contributed by atoms with Crippen LogP contribution in [0.1, 0.15) is 23.5 Å². The second-order valence-corrected chi connectivity index (χ2v) is 6.23. The van der Waals surface area contributed by atoms with Crippen LogP contribution in [0.2, 0.25) is 5.02 Å². The fraction of sp³-hybridized carbons (Fsp3) is 0.267. The van der Waals surface area contributed by atoms with Crippen molar-refractivity contribution in [3.05, 3.63) is 50.8 Å². The summed E-state index contributed by atoms with van der Waals surface area (Å²) in [5.74, 6) is -0.00394. The number of hydrogen-bond acceptors (Lipinski definition) is 4. The first kappa shape index (κ1) is 15.1. The van der Waals surface area contributed by atoms with Crippen molar-refractivity contribution in [1.29, 1.82) is 0 Å². The third kappa shape index (κ3) is 2.42. The van der Waals surface area contributed by atoms with Crippen molar-refractivity contribution in [3.8, 4) is 0 Å². The fourth-order valence-electron chi connectivity index (χ4n) is 2.74. The molecule has 1 amide bonds. The predicted octanol–water partition coefficient (Wildman–Crippen LogP) is 2.63. The van der Waals surface area contributed by atoms with Gasteiger partial charge >= 0.3 is 0 Å². The van der Waals surface area contributed by atoms with Gasteiger partial charge in [-0.05, 0) is 17.9 Å². The lowest BCUT2D eigenvalue weighted by Crippen LogP contribution is -2.33. The number of halogens is 1. The maximum absolute atomic E-state index is 12.5. The number of carbonyl (C=O) groups excluding carboxylic acids is 1. The molecule has 1 aromatic heterocycles. The van der Waals surface area contributed by atoms with Crippen molar-refractivity contribution < 1.29 is 4.79 Å². The van der Waals surface area contributed by atoms with Crippen LogP contribution in [0.3, 0.4) is 0 Å². The summed E-state index contributed by atoms with van der Waals surface area (Å²) in [5.41, 5.74) is 0.950. The topological polar surface area (TPSA) is 64.0 Å². The summed E-state index contributed by atoms with van der Waals surface area (Å²) < 4.78 is 1.74. The molecule has 5 nitrogen and oxygen atoms in total. The zero-order chi connectivity index (χ0) is 15.9. The number of nitrogens with zero attached hydrogens (tertiary/aromatic N) is 2. The summed E-state index contributed by atoms with van der Waals surface area (Å²) in [6.45, 7) is 0. The molecule has 2 aromatic rings. The maximum Gasteiger partial charge on any atom is 0.279 e. The first-order valence-electron chi connectivity index (χ1n) is 6.72. The summed E-state index contributed by atoms with van der Waals surface area (Å²) in [5, 5.41) is 3.90. The zero-order valence-corrected chi connectivity index (χ0v) is 13.7. The number of carbonyl (C=O) groups is 1. The lowest BCUT2D eigenvalue weighted by Gasteiger charge is -2.27. The monoisotopic (exact) mass is 335 g/mol. The van der Waals surface area contributed by atoms with Crippen LogP contribution in [-0.2, 0) is 11.8 Å². The second-order valence-electron chi connectivity index (χ2n) is 5.05. The molecule has 22 heavy (non-hydrogen) atoms. The largest absolute Gasteiger partial charge is 0.312 e. The molecule has 1 aliphatic heterocycles. The Balaban J connectivity index is 2.27. The molecular formula is C15H14ClN3O2S. The number of benzene rings is 1. The van der Waals surface area contributed by atoms with E-state index in [2.05, 4.69) is 10.3 Å². The van der Waals surface area contributed by atoms with Crippen LogP contribution in [0.5, 0.6) is 0 Å². The molecular weight excluding hydrogens is 322 g/mol. The van der Waals surface area contributed by atoms with E-state index < -0.39 is 0 Å². The zero-order valence-electron chi connectivity index (χ0n) is 12.1. The van der Waals surface area contributed by atoms with Crippen LogP contribution in [-0.4, -0.2) is 21.7 Å². The van der Waals surface area contributed by atoms with Crippen molar-refractivity contribution in [3.63, 3.8) is 0 Å². The van der Waals surface area contributed by atoms with E-state index in [4.69, 9.17) is 11.6 Å². The van der Waals surface area contributed by atoms with E-state index in [0.29, 0.717) is 21.6 Å². The Hall–Kier alpha value is -1.79. The molecule has 1 aromatic carbocycles. The first-order chi connectivity index (χ1) is 10.5. The summed E-state index contributed by atoms with van der Waals surface area (Å²) in [6.07, 6.45) is 2.02. The molecule has 7 heteroatoms. The smallest absolute Gasteiger partial charge is 0.279 e. The summed E-state index contributed by atoms with van der Waals surface area (Å²) in [7, 11) is 1.78. The van der Waals surface area contributed by atoms with Crippen LogP contribution in [0.15, 0.2) is 34.2 Å². The third-order valence-electron chi connectivity index (χ3n) is 3.76. The van der Waals surface area contributed by atoms with Gasteiger partial charge in [-0.2, -0.15) is 4.98 Å². The average Bonchev–Trinajstić information content (AvgIpc) is 2.50. The molecule has 0 bridgehead atoms. The van der Waals surface area contributed by atoms with Crippen LogP contribution < -0.4 is 10.9 Å². The lowest BCUT2D eigenvalue weighted by atomic mass is 9.87. The SMILES string of the molecule is CSc1nc(=O)c2c(n1C)NC(=O)C[C@H]2c1ccccc1Cl. The number of aromatic nitrogens is 2. The summed E-state index contributed by atoms with van der Waals surface area (Å²) in [6, 6.07) is 7.28. The number of amides is 1. The molecule has 3 rings (SSSR count). The van der Waals surface area contributed by atoms with E-state index in [1.165, 1.54) is 11.8 Å². The van der Waals surface area contributed by atoms with Crippen LogP contribution in [0, 0.1) is 0 Å². The second kappa shape index (κ2) is 5.78. The maximum atomic E-state index is 12.5. The standard InChI is InChI=1S/C15H14ClN3O2S/c1-19-13-12(14(21)18-15(19)22-2)9(7-11(20)17-13)8-5-3-4-6-10(8)16/h3-6,9H,7H2,1-2H3,(H,17,20)/t9-/m0/s1. The van der Waals surface area contributed by atoms with Gasteiger partial charge in [0.05, 0.1) is 5.56 Å². The van der Waals surface area contributed by atoms with Crippen molar-refractivity contribution in [2.75, 3.05) is 11.6 Å². The van der Waals surface area contributed by atoms with Gasteiger partial charge < -0.3 is 9.88 Å². The molecule has 0 fully saturated rings. The normalized spacial score (nSPS) is 17.0. The van der Waals surface area contributed by atoms with Gasteiger partial charge in [0.15, 0.2) is 5.16 Å². The Kier molecular flexibility index (Phi) is 3.97. The van der Waals surface area contributed by atoms with Crippen molar-refractivity contribution in [2.24, 2.45) is 7.05 Å². The molecule has 0 aliphatic carbocycles. The summed E-state index contributed by atoms with van der Waals surface area (Å²) >= 11 is 7.62. The van der Waals surface area contributed by atoms with Crippen LogP contribution >= 0.6 is 23.4 Å². The number of nitrogens with one attached hydrogen (secondary N) is 1. The van der Waals surface area contributed by atoms with E-state index >= 15 is 0 Å². The molecule has 0 radical (unpaired) electrons. The Bertz CT molecular complexity index is 819. The fourth-order valence-corrected chi connectivity index (χ4v) is 3.55. The molecule has 0 unspecified atom stereocenters. The minimum Gasteiger partial charge on any atom is -0.312 e. The van der Waals surface area contributed by atoms with Gasteiger partial charge in [0, 0.05) is 24.4 Å². The number of anilines is 1. The highest BCUT2D eigenvalue weighted by Crippen LogP contribution is 2.38. The van der Waals surface area contributed by atoms with Gasteiger partial charge in [-0.3, -0.25) is 9.59 Å². The van der Waals surface area contributed by atoms with Gasteiger partial charge in [0.2, 0.25) is 5.91 Å². The molecule has 2 heterocycles. The van der Waals surface area contributed by atoms with Gasteiger partial charge in [-0.25, -0.2) is 0 Å². The van der Waals surface area contributed by atoms with E-state index in [9.17, 15) is 9.59 Å². The minimum atomic E-state index is -0.375. The number of hydrogen-bond donors (Lipinski definition) is 1. The Labute approximate surface area is 136 Å². The van der Waals surface area contributed by atoms with Crippen molar-refractivity contribution >= 4 is 35.1 Å². The highest BCUT2D eigenvalue weighted by atomic mass is 35.5. The van der Waals surface area contributed by atoms with Gasteiger partial charge in [-0.15, -0.1) is 0 Å². The van der Waals surface area contributed by atoms with E-state index in [1.807, 2.05) is 24.5 Å². The van der Waals surface area contributed by atoms with E-state index in [0.717, 1.165) is 5.56 Å². The Morgan fingerprint density at radius 1 is 1.36 bits per heavy atom. The third-order valence-corrected chi connectivity index (χ3v) is 4.84. The van der Waals surface area contributed by atoms with Crippen LogP contribution in [0.25, 0.3) is 0 Å². The molecule has 0 spiro atoms. The predicted molar refractivity (Wildman–Crippen MR) is 87.8 cm³/mol. The van der Waals surface area contributed by atoms with E-state index in [1.54, 1.807) is 17.7 Å². The number of thioether (sulfide) groups is 1. The van der Waals surface area contributed by atoms with Crippen LogP contribution in [0.4, 0.5) is 5.82 Å². The molecule has 1 aliphatic rings. The van der Waals surface area contributed by atoms with Gasteiger partial charge in [0.1, 0.15) is 5.82 Å². The molecule has 114 valence electrons. The lowest BCUT2D eigenvalue weighted by molar-refractivity contribution is -0.116. The van der Waals surface area contributed by atoms with E-state index in [-0.39, 0.29) is 23.8 Å². The molecule has 0 saturated carbocycles. The highest BCUT2D eigenvalue weighted by Gasteiger charge is 2.32. The number of fused-ring (bicyclic) bond motifs is 1. The summed E-state index contributed by atoms with van der Waals surface area (Å²) in [4.78, 5) is 28.7. The molecule has 1 N–H and O–H groups in total. The van der Waals surface area contributed by atoms with Gasteiger partial charge in [0.25, 0.3) is 5.56 Å². The Morgan fingerprint density at radius 2 is 2.09 bits per heavy atom. The minimum absolute atomic E-state index is 0.134. The molecule has 0 saturated heterocycles. The van der Waals surface area contributed by atoms with Crippen molar-refractivity contribution in [1.82, 2.24) is 9.55 Å². The molecule has 1 atom stereocenters. The highest BCUT2D eigenvalue weighted by molar-refractivity contribution is 7.98. The Morgan fingerprint density at radius 3 is 2.77 bits per heavy atom. The number of rotatable bonds is 2. The van der Waals surface area contributed by atoms with Gasteiger partial charge in [-0.1, -0.05) is 41.6 Å². The van der Waals surface area contributed by atoms with Crippen molar-refractivity contribution in [2.45, 2.75) is 17.5 Å². The average molecular weight is 336 g/mol. The quantitative estimate of drug-likeness (QED) is 0.677. The first-order valence-corrected chi connectivity index (χ1v) is 8.32.